The second-order valence-corrected chi connectivity index (χ2v) is 9.32. The fourth-order valence-corrected chi connectivity index (χ4v) is 3.84. The third kappa shape index (κ3) is 3.67. The molecule has 2 aromatic carbocycles. The first-order valence-corrected chi connectivity index (χ1v) is 10.6. The lowest BCUT2D eigenvalue weighted by molar-refractivity contribution is -0.131. The Labute approximate surface area is 167 Å². The second-order valence-electron chi connectivity index (χ2n) is 6.49. The van der Waals surface area contributed by atoms with Crippen LogP contribution in [0.5, 0.6) is 0 Å². The Balaban J connectivity index is 1.89. The number of sulfone groups is 1. The van der Waals surface area contributed by atoms with Crippen molar-refractivity contribution < 1.29 is 18.0 Å². The van der Waals surface area contributed by atoms with E-state index in [9.17, 15) is 18.0 Å². The average Bonchev–Trinajstić information content (AvgIpc) is 2.82. The van der Waals surface area contributed by atoms with Crippen molar-refractivity contribution in [1.29, 1.82) is 0 Å². The zero-order valence-corrected chi connectivity index (χ0v) is 16.8. The Bertz CT molecular complexity index is 1040. The normalized spacial score (nSPS) is 20.1. The first kappa shape index (κ1) is 19.7. The SMILES string of the molecule is CC1(c2ccc(S(C)(=O)=O)cc2)NC(=O)N(Cc2ccc(Cl)c(Cl)c2)C1=O. The summed E-state index contributed by atoms with van der Waals surface area (Å²) in [5.41, 5.74) is -0.141. The Morgan fingerprint density at radius 2 is 1.67 bits per heavy atom. The fourth-order valence-electron chi connectivity index (χ4n) is 2.89. The lowest BCUT2D eigenvalue weighted by atomic mass is 9.92. The molecule has 0 aromatic heterocycles. The average molecular weight is 427 g/mol. The highest BCUT2D eigenvalue weighted by atomic mass is 35.5. The topological polar surface area (TPSA) is 83.6 Å². The highest BCUT2D eigenvalue weighted by Gasteiger charge is 2.48. The Hall–Kier alpha value is -2.09. The Kier molecular flexibility index (Phi) is 4.96. The Morgan fingerprint density at radius 3 is 2.22 bits per heavy atom. The van der Waals surface area contributed by atoms with Crippen molar-refractivity contribution in [1.82, 2.24) is 10.2 Å². The lowest BCUT2D eigenvalue weighted by Crippen LogP contribution is -2.40. The summed E-state index contributed by atoms with van der Waals surface area (Å²) in [4.78, 5) is 26.6. The van der Waals surface area contributed by atoms with Crippen molar-refractivity contribution in [3.63, 3.8) is 0 Å². The van der Waals surface area contributed by atoms with E-state index >= 15 is 0 Å². The smallest absolute Gasteiger partial charge is 0.319 e. The molecule has 1 N–H and O–H groups in total. The Morgan fingerprint density at radius 1 is 1.04 bits per heavy atom. The van der Waals surface area contributed by atoms with Crippen molar-refractivity contribution in [2.75, 3.05) is 6.26 Å². The number of hydrogen-bond donors (Lipinski definition) is 1. The molecule has 3 rings (SSSR count). The van der Waals surface area contributed by atoms with Crippen LogP contribution >= 0.6 is 23.2 Å². The third-order valence-corrected chi connectivity index (χ3v) is 6.33. The van der Waals surface area contributed by atoms with Crippen LogP contribution in [0.15, 0.2) is 47.4 Å². The number of nitrogens with zero attached hydrogens (tertiary/aromatic N) is 1. The van der Waals surface area contributed by atoms with E-state index in [1.54, 1.807) is 25.1 Å². The summed E-state index contributed by atoms with van der Waals surface area (Å²) in [7, 11) is -3.35. The highest BCUT2D eigenvalue weighted by molar-refractivity contribution is 7.90. The predicted molar refractivity (Wildman–Crippen MR) is 102 cm³/mol. The molecular formula is C18H16Cl2N2O4S. The number of amides is 3. The van der Waals surface area contributed by atoms with Gasteiger partial charge in [0.25, 0.3) is 5.91 Å². The molecule has 1 fully saturated rings. The molecule has 0 aliphatic carbocycles. The zero-order valence-electron chi connectivity index (χ0n) is 14.5. The van der Waals surface area contributed by atoms with Gasteiger partial charge in [-0.25, -0.2) is 13.2 Å². The van der Waals surface area contributed by atoms with Crippen LogP contribution in [0.3, 0.4) is 0 Å². The summed E-state index contributed by atoms with van der Waals surface area (Å²) in [6, 6.07) is 10.2. The molecule has 0 radical (unpaired) electrons. The first-order valence-electron chi connectivity index (χ1n) is 7.91. The summed E-state index contributed by atoms with van der Waals surface area (Å²) >= 11 is 11.9. The summed E-state index contributed by atoms with van der Waals surface area (Å²) in [5, 5.41) is 3.40. The number of nitrogens with one attached hydrogen (secondary N) is 1. The molecule has 1 aliphatic rings. The maximum atomic E-state index is 12.9. The molecule has 1 heterocycles. The number of hydrogen-bond acceptors (Lipinski definition) is 4. The van der Waals surface area contributed by atoms with Gasteiger partial charge in [0.05, 0.1) is 21.5 Å². The van der Waals surface area contributed by atoms with Crippen molar-refractivity contribution in [2.24, 2.45) is 0 Å². The minimum Gasteiger partial charge on any atom is -0.319 e. The number of imide groups is 1. The van der Waals surface area contributed by atoms with Gasteiger partial charge in [0.1, 0.15) is 5.54 Å². The van der Waals surface area contributed by atoms with Crippen LogP contribution in [0.2, 0.25) is 10.0 Å². The molecular weight excluding hydrogens is 411 g/mol. The summed E-state index contributed by atoms with van der Waals surface area (Å²) < 4.78 is 23.2. The van der Waals surface area contributed by atoms with Crippen LogP contribution in [0.1, 0.15) is 18.1 Å². The molecule has 1 unspecified atom stereocenters. The largest absolute Gasteiger partial charge is 0.325 e. The van der Waals surface area contributed by atoms with Crippen LogP contribution in [0.4, 0.5) is 4.79 Å². The zero-order chi connectivity index (χ0) is 20.0. The van der Waals surface area contributed by atoms with Crippen molar-refractivity contribution in [3.05, 3.63) is 63.6 Å². The molecule has 1 atom stereocenters. The molecule has 0 bridgehead atoms. The molecule has 2 aromatic rings. The highest BCUT2D eigenvalue weighted by Crippen LogP contribution is 2.31. The number of carbonyl (C=O) groups excluding carboxylic acids is 2. The molecule has 1 saturated heterocycles. The number of rotatable bonds is 4. The minimum absolute atomic E-state index is 0.0402. The van der Waals surface area contributed by atoms with Gasteiger partial charge in [-0.2, -0.15) is 0 Å². The van der Waals surface area contributed by atoms with Gasteiger partial charge in [0.2, 0.25) is 0 Å². The first-order chi connectivity index (χ1) is 12.5. The van der Waals surface area contributed by atoms with Crippen LogP contribution < -0.4 is 5.32 Å². The van der Waals surface area contributed by atoms with Crippen LogP contribution in [-0.4, -0.2) is 31.5 Å². The van der Waals surface area contributed by atoms with Gasteiger partial charge in [-0.15, -0.1) is 0 Å². The van der Waals surface area contributed by atoms with Gasteiger partial charge >= 0.3 is 6.03 Å². The van der Waals surface area contributed by atoms with Gasteiger partial charge in [0.15, 0.2) is 9.84 Å². The monoisotopic (exact) mass is 426 g/mol. The molecule has 0 saturated carbocycles. The van der Waals surface area contributed by atoms with Gasteiger partial charge in [-0.1, -0.05) is 41.4 Å². The van der Waals surface area contributed by atoms with Gasteiger partial charge < -0.3 is 5.32 Å². The molecule has 6 nitrogen and oxygen atoms in total. The van der Waals surface area contributed by atoms with E-state index < -0.39 is 27.3 Å². The van der Waals surface area contributed by atoms with E-state index in [1.807, 2.05) is 0 Å². The van der Waals surface area contributed by atoms with Crippen LogP contribution in [-0.2, 0) is 26.7 Å². The molecule has 142 valence electrons. The maximum Gasteiger partial charge on any atom is 0.325 e. The van der Waals surface area contributed by atoms with Crippen molar-refractivity contribution in [3.8, 4) is 0 Å². The molecule has 27 heavy (non-hydrogen) atoms. The van der Waals surface area contributed by atoms with E-state index in [4.69, 9.17) is 23.2 Å². The van der Waals surface area contributed by atoms with E-state index in [2.05, 4.69) is 5.32 Å². The third-order valence-electron chi connectivity index (χ3n) is 4.46. The standard InChI is InChI=1S/C18H16Cl2N2O4S/c1-18(12-4-6-13(7-5-12)27(2,25)26)16(23)22(17(24)21-18)10-11-3-8-14(19)15(20)9-11/h3-9H,10H2,1-2H3,(H,21,24). The number of urea groups is 1. The minimum atomic E-state index is -3.35. The number of benzene rings is 2. The molecule has 1 aliphatic heterocycles. The second kappa shape index (κ2) is 6.82. The fraction of sp³-hybridized carbons (Fsp3) is 0.222. The predicted octanol–water partition coefficient (Wildman–Crippen LogP) is 3.36. The summed E-state index contributed by atoms with van der Waals surface area (Å²) in [6.45, 7) is 1.62. The summed E-state index contributed by atoms with van der Waals surface area (Å²) in [5.74, 6) is -0.439. The van der Waals surface area contributed by atoms with Crippen molar-refractivity contribution in [2.45, 2.75) is 23.9 Å². The van der Waals surface area contributed by atoms with E-state index in [-0.39, 0.29) is 11.4 Å². The number of halogens is 2. The van der Waals surface area contributed by atoms with E-state index in [0.717, 1.165) is 11.2 Å². The van der Waals surface area contributed by atoms with Gasteiger partial charge in [-0.05, 0) is 42.3 Å². The molecule has 3 amide bonds. The molecule has 9 heteroatoms. The van der Waals surface area contributed by atoms with Gasteiger partial charge in [0, 0.05) is 6.26 Å². The number of carbonyl (C=O) groups is 2. The van der Waals surface area contributed by atoms with E-state index in [0.29, 0.717) is 21.2 Å². The lowest BCUT2D eigenvalue weighted by Gasteiger charge is -2.22. The maximum absolute atomic E-state index is 12.9. The van der Waals surface area contributed by atoms with Crippen LogP contribution in [0.25, 0.3) is 0 Å². The van der Waals surface area contributed by atoms with E-state index in [1.165, 1.54) is 24.3 Å². The van der Waals surface area contributed by atoms with Gasteiger partial charge in [-0.3, -0.25) is 9.69 Å². The summed E-state index contributed by atoms with van der Waals surface area (Å²) in [6.07, 6.45) is 1.10. The van der Waals surface area contributed by atoms with Crippen LogP contribution in [0, 0.1) is 0 Å². The van der Waals surface area contributed by atoms with Crippen molar-refractivity contribution >= 4 is 45.0 Å². The quantitative estimate of drug-likeness (QED) is 0.759. The molecule has 0 spiro atoms.